The van der Waals surface area contributed by atoms with Crippen LogP contribution in [0, 0.1) is 5.82 Å². The van der Waals surface area contributed by atoms with Gasteiger partial charge in [-0.05, 0) is 6.42 Å². The van der Waals surface area contributed by atoms with Crippen molar-refractivity contribution in [3.05, 3.63) is 28.4 Å². The normalized spacial score (nSPS) is 26.9. The quantitative estimate of drug-likeness (QED) is 0.722. The third-order valence-corrected chi connectivity index (χ3v) is 6.86. The van der Waals surface area contributed by atoms with Crippen LogP contribution in [0.5, 0.6) is 0 Å². The number of amides is 1. The fourth-order valence-electron chi connectivity index (χ4n) is 2.83. The van der Waals surface area contributed by atoms with E-state index in [0.717, 1.165) is 25.8 Å². The summed E-state index contributed by atoms with van der Waals surface area (Å²) in [6.07, 6.45) is 1.93. The Morgan fingerprint density at radius 2 is 2.24 bits per heavy atom. The van der Waals surface area contributed by atoms with Crippen molar-refractivity contribution < 1.29 is 9.18 Å². The molecule has 3 unspecified atom stereocenters. The molecule has 0 saturated carbocycles. The Labute approximate surface area is 159 Å². The summed E-state index contributed by atoms with van der Waals surface area (Å²) in [5, 5.41) is 5.19. The van der Waals surface area contributed by atoms with Crippen molar-refractivity contribution >= 4 is 46.6 Å². The molecule has 2 saturated heterocycles. The van der Waals surface area contributed by atoms with Crippen molar-refractivity contribution in [2.24, 2.45) is 0 Å². The predicted molar refractivity (Wildman–Crippen MR) is 99.0 cm³/mol. The molecule has 0 bridgehead atoms. The molecule has 3 atom stereocenters. The van der Waals surface area contributed by atoms with Crippen LogP contribution in [-0.4, -0.2) is 57.0 Å². The van der Waals surface area contributed by atoms with Gasteiger partial charge < -0.3 is 15.2 Å². The fraction of sp³-hybridized carbons (Fsp3) is 0.600. The van der Waals surface area contributed by atoms with Gasteiger partial charge >= 0.3 is 0 Å². The standard InChI is InChI=1S/C15H19Cl2FN4O2S/c16-10-6-12(25-13(10)17)14(23)20-9-5-11(18)15(24)22(7-9)4-3-21-2-1-19-8-21/h5,7,10,12-13,19H,1-4,6,8H2,(H,20,23). The molecular formula is C15H19Cl2FN4O2S. The highest BCUT2D eigenvalue weighted by atomic mass is 35.5. The number of carbonyl (C=O) groups excluding carboxylic acids is 1. The largest absolute Gasteiger partial charge is 0.324 e. The average molecular weight is 409 g/mol. The van der Waals surface area contributed by atoms with Crippen molar-refractivity contribution in [2.45, 2.75) is 28.3 Å². The van der Waals surface area contributed by atoms with Gasteiger partial charge in [-0.25, -0.2) is 4.39 Å². The minimum absolute atomic E-state index is 0.256. The Bertz CT molecular complexity index is 689. The van der Waals surface area contributed by atoms with Crippen molar-refractivity contribution in [3.63, 3.8) is 0 Å². The molecule has 2 N–H and O–H groups in total. The summed E-state index contributed by atoms with van der Waals surface area (Å²) in [6.45, 7) is 3.54. The Kier molecular flexibility index (Phi) is 6.27. The second-order valence-electron chi connectivity index (χ2n) is 6.07. The van der Waals surface area contributed by atoms with Crippen molar-refractivity contribution in [1.82, 2.24) is 14.8 Å². The predicted octanol–water partition coefficient (Wildman–Crippen LogP) is 1.47. The number of hydrogen-bond acceptors (Lipinski definition) is 5. The van der Waals surface area contributed by atoms with E-state index in [1.165, 1.54) is 22.5 Å². The number of anilines is 1. The van der Waals surface area contributed by atoms with Crippen LogP contribution in [0.2, 0.25) is 0 Å². The van der Waals surface area contributed by atoms with Gasteiger partial charge in [0.15, 0.2) is 5.82 Å². The van der Waals surface area contributed by atoms with Crippen molar-refractivity contribution in [2.75, 3.05) is 31.6 Å². The van der Waals surface area contributed by atoms with Crippen LogP contribution in [0.15, 0.2) is 17.1 Å². The summed E-state index contributed by atoms with van der Waals surface area (Å²) in [4.78, 5) is 26.4. The van der Waals surface area contributed by atoms with Gasteiger partial charge in [0.2, 0.25) is 5.91 Å². The molecule has 10 heteroatoms. The van der Waals surface area contributed by atoms with Crippen molar-refractivity contribution in [1.29, 1.82) is 0 Å². The van der Waals surface area contributed by atoms with E-state index in [-0.39, 0.29) is 26.9 Å². The monoisotopic (exact) mass is 408 g/mol. The zero-order valence-corrected chi connectivity index (χ0v) is 15.7. The van der Waals surface area contributed by atoms with E-state index in [9.17, 15) is 14.0 Å². The maximum absolute atomic E-state index is 13.9. The van der Waals surface area contributed by atoms with Crippen LogP contribution in [0.1, 0.15) is 6.42 Å². The van der Waals surface area contributed by atoms with E-state index in [2.05, 4.69) is 15.5 Å². The molecule has 1 aromatic rings. The second kappa shape index (κ2) is 8.26. The van der Waals surface area contributed by atoms with Gasteiger partial charge in [0.1, 0.15) is 0 Å². The first-order chi connectivity index (χ1) is 11.9. The van der Waals surface area contributed by atoms with Crippen LogP contribution in [0.25, 0.3) is 0 Å². The number of rotatable bonds is 5. The summed E-state index contributed by atoms with van der Waals surface area (Å²) in [6, 6.07) is 1.05. The van der Waals surface area contributed by atoms with Crippen LogP contribution in [-0.2, 0) is 11.3 Å². The lowest BCUT2D eigenvalue weighted by Crippen LogP contribution is -2.32. The Morgan fingerprint density at radius 1 is 1.44 bits per heavy atom. The molecule has 1 aromatic heterocycles. The summed E-state index contributed by atoms with van der Waals surface area (Å²) in [5.41, 5.74) is -0.437. The van der Waals surface area contributed by atoms with Gasteiger partial charge in [-0.1, -0.05) is 0 Å². The zero-order chi connectivity index (χ0) is 18.0. The highest BCUT2D eigenvalue weighted by Gasteiger charge is 2.36. The van der Waals surface area contributed by atoms with Crippen LogP contribution in [0.3, 0.4) is 0 Å². The molecule has 0 aliphatic carbocycles. The fourth-order valence-corrected chi connectivity index (χ4v) is 4.86. The highest BCUT2D eigenvalue weighted by molar-refractivity contribution is 8.02. The SMILES string of the molecule is O=C(Nc1cc(F)c(=O)n(CCN2CCNC2)c1)C1CC(Cl)C(Cl)S1. The van der Waals surface area contributed by atoms with Crippen LogP contribution >= 0.6 is 35.0 Å². The number of thioether (sulfide) groups is 1. The van der Waals surface area contributed by atoms with Crippen molar-refractivity contribution in [3.8, 4) is 0 Å². The topological polar surface area (TPSA) is 66.4 Å². The van der Waals surface area contributed by atoms with E-state index < -0.39 is 11.4 Å². The number of hydrogen-bond donors (Lipinski definition) is 2. The van der Waals surface area contributed by atoms with Gasteiger partial charge in [0, 0.05) is 45.1 Å². The third-order valence-electron chi connectivity index (χ3n) is 4.22. The molecule has 0 spiro atoms. The Balaban J connectivity index is 1.66. The lowest BCUT2D eigenvalue weighted by molar-refractivity contribution is -0.115. The molecule has 3 rings (SSSR count). The Morgan fingerprint density at radius 3 is 2.88 bits per heavy atom. The number of halogens is 3. The Hall–Kier alpha value is -0.800. The maximum atomic E-state index is 13.9. The smallest absolute Gasteiger partial charge is 0.286 e. The molecule has 2 fully saturated rings. The van der Waals surface area contributed by atoms with Gasteiger partial charge in [0.05, 0.1) is 21.0 Å². The third kappa shape index (κ3) is 4.68. The van der Waals surface area contributed by atoms with Crippen LogP contribution in [0.4, 0.5) is 10.1 Å². The maximum Gasteiger partial charge on any atom is 0.286 e. The number of alkyl halides is 2. The lowest BCUT2D eigenvalue weighted by atomic mass is 10.2. The molecule has 25 heavy (non-hydrogen) atoms. The number of nitrogens with one attached hydrogen (secondary N) is 2. The molecule has 0 aromatic carbocycles. The molecule has 138 valence electrons. The first kappa shape index (κ1) is 19.0. The molecule has 3 heterocycles. The summed E-state index contributed by atoms with van der Waals surface area (Å²) in [7, 11) is 0. The molecule has 0 radical (unpaired) electrons. The minimum Gasteiger partial charge on any atom is -0.324 e. The van der Waals surface area contributed by atoms with E-state index in [4.69, 9.17) is 23.2 Å². The highest BCUT2D eigenvalue weighted by Crippen LogP contribution is 2.39. The molecular weight excluding hydrogens is 390 g/mol. The van der Waals surface area contributed by atoms with Gasteiger partial charge in [-0.2, -0.15) is 0 Å². The first-order valence-electron chi connectivity index (χ1n) is 8.01. The molecule has 2 aliphatic heterocycles. The number of aromatic nitrogens is 1. The van der Waals surface area contributed by atoms with Gasteiger partial charge in [-0.3, -0.25) is 14.5 Å². The minimum atomic E-state index is -0.887. The molecule has 2 aliphatic rings. The number of carbonyl (C=O) groups is 1. The van der Waals surface area contributed by atoms with Crippen LogP contribution < -0.4 is 16.2 Å². The van der Waals surface area contributed by atoms with Gasteiger partial charge in [-0.15, -0.1) is 35.0 Å². The first-order valence-corrected chi connectivity index (χ1v) is 9.83. The second-order valence-corrected chi connectivity index (χ2v) is 8.71. The summed E-state index contributed by atoms with van der Waals surface area (Å²) in [5.74, 6) is -1.17. The lowest BCUT2D eigenvalue weighted by Gasteiger charge is -2.16. The number of pyridine rings is 1. The number of nitrogens with zero attached hydrogens (tertiary/aromatic N) is 2. The van der Waals surface area contributed by atoms with E-state index in [1.807, 2.05) is 0 Å². The summed E-state index contributed by atoms with van der Waals surface area (Å²) < 4.78 is 14.9. The van der Waals surface area contributed by atoms with E-state index in [1.54, 1.807) is 0 Å². The van der Waals surface area contributed by atoms with Gasteiger partial charge in [0.25, 0.3) is 5.56 Å². The average Bonchev–Trinajstić information content (AvgIpc) is 3.20. The van der Waals surface area contributed by atoms with E-state index >= 15 is 0 Å². The molecule has 1 amide bonds. The summed E-state index contributed by atoms with van der Waals surface area (Å²) >= 11 is 13.3. The zero-order valence-electron chi connectivity index (χ0n) is 13.4. The molecule has 6 nitrogen and oxygen atoms in total. The van der Waals surface area contributed by atoms with E-state index in [0.29, 0.717) is 19.5 Å².